The third-order valence-electron chi connectivity index (χ3n) is 5.15. The van der Waals surface area contributed by atoms with Crippen molar-refractivity contribution in [2.75, 3.05) is 5.32 Å². The van der Waals surface area contributed by atoms with Crippen molar-refractivity contribution in [1.82, 2.24) is 39.3 Å². The number of nitrogens with one attached hydrogen (secondary N) is 3. The van der Waals surface area contributed by atoms with E-state index in [9.17, 15) is 9.90 Å². The second kappa shape index (κ2) is 7.44. The molecular formula is C21H18N10O2. The maximum absolute atomic E-state index is 11.5. The summed E-state index contributed by atoms with van der Waals surface area (Å²) in [7, 11) is 0. The first-order valence-corrected chi connectivity index (χ1v) is 10.3. The number of aromatic amines is 2. The molecule has 12 nitrogen and oxygen atoms in total. The molecular weight excluding hydrogens is 424 g/mol. The van der Waals surface area contributed by atoms with Gasteiger partial charge in [-0.2, -0.15) is 24.7 Å². The van der Waals surface area contributed by atoms with E-state index in [0.29, 0.717) is 22.4 Å². The Morgan fingerprint density at radius 2 is 2.00 bits per heavy atom. The number of H-pyrrole nitrogens is 2. The lowest BCUT2D eigenvalue weighted by Crippen LogP contribution is -2.24. The van der Waals surface area contributed by atoms with E-state index in [1.807, 2.05) is 36.5 Å². The highest BCUT2D eigenvalue weighted by molar-refractivity contribution is 5.60. The molecule has 12 heteroatoms. The van der Waals surface area contributed by atoms with Crippen molar-refractivity contribution in [3.05, 3.63) is 75.9 Å². The van der Waals surface area contributed by atoms with Gasteiger partial charge in [0, 0.05) is 23.3 Å². The lowest BCUT2D eigenvalue weighted by molar-refractivity contribution is 0.454. The fourth-order valence-electron chi connectivity index (χ4n) is 3.38. The van der Waals surface area contributed by atoms with E-state index in [0.717, 1.165) is 24.2 Å². The van der Waals surface area contributed by atoms with Crippen molar-refractivity contribution in [3.8, 4) is 11.6 Å². The van der Waals surface area contributed by atoms with Crippen LogP contribution in [0.15, 0.2) is 58.7 Å². The summed E-state index contributed by atoms with van der Waals surface area (Å²) in [5, 5.41) is 22.3. The van der Waals surface area contributed by atoms with Gasteiger partial charge < -0.3 is 15.4 Å². The van der Waals surface area contributed by atoms with E-state index < -0.39 is 5.69 Å². The Hall–Kier alpha value is -4.74. The van der Waals surface area contributed by atoms with Crippen LogP contribution >= 0.6 is 0 Å². The van der Waals surface area contributed by atoms with E-state index in [1.54, 1.807) is 27.7 Å². The molecule has 1 fully saturated rings. The minimum absolute atomic E-state index is 0.228. The van der Waals surface area contributed by atoms with Crippen LogP contribution in [0.5, 0.6) is 5.88 Å². The Balaban J connectivity index is 1.43. The highest BCUT2D eigenvalue weighted by atomic mass is 16.3. The lowest BCUT2D eigenvalue weighted by Gasteiger charge is -2.07. The summed E-state index contributed by atoms with van der Waals surface area (Å²) in [6.45, 7) is 0. The zero-order valence-corrected chi connectivity index (χ0v) is 17.2. The van der Waals surface area contributed by atoms with Crippen molar-refractivity contribution in [3.63, 3.8) is 0 Å². The van der Waals surface area contributed by atoms with Crippen LogP contribution in [-0.4, -0.2) is 50.5 Å². The van der Waals surface area contributed by atoms with Gasteiger partial charge in [-0.3, -0.25) is 4.98 Å². The molecule has 4 N–H and O–H groups in total. The molecule has 1 aliphatic rings. The largest absolute Gasteiger partial charge is 0.493 e. The smallest absolute Gasteiger partial charge is 0.326 e. The fraction of sp³-hybridized carbons (Fsp3) is 0.143. The molecule has 6 rings (SSSR count). The Kier molecular flexibility index (Phi) is 4.28. The summed E-state index contributed by atoms with van der Waals surface area (Å²) < 4.78 is 3.33. The second-order valence-electron chi connectivity index (χ2n) is 7.65. The van der Waals surface area contributed by atoms with Crippen molar-refractivity contribution >= 4 is 23.4 Å². The first kappa shape index (κ1) is 19.0. The van der Waals surface area contributed by atoms with Crippen LogP contribution in [0.3, 0.4) is 0 Å². The number of hydrogen-bond donors (Lipinski definition) is 4. The molecule has 0 radical (unpaired) electrons. The quantitative estimate of drug-likeness (QED) is 0.307. The molecule has 0 unspecified atom stereocenters. The van der Waals surface area contributed by atoms with Crippen molar-refractivity contribution in [2.45, 2.75) is 18.9 Å². The summed E-state index contributed by atoms with van der Waals surface area (Å²) in [5.41, 5.74) is 2.38. The van der Waals surface area contributed by atoms with Crippen LogP contribution in [0.25, 0.3) is 17.4 Å². The molecule has 1 saturated carbocycles. The van der Waals surface area contributed by atoms with Crippen LogP contribution < -0.4 is 21.8 Å². The normalized spacial score (nSPS) is 14.9. The molecule has 33 heavy (non-hydrogen) atoms. The number of aromatic hydroxyl groups is 1. The number of imidazole rings is 1. The summed E-state index contributed by atoms with van der Waals surface area (Å²) in [5.74, 6) is 0.0996. The molecule has 4 heterocycles. The monoisotopic (exact) mass is 442 g/mol. The molecule has 1 aliphatic carbocycles. The average Bonchev–Trinajstić information content (AvgIpc) is 3.17. The van der Waals surface area contributed by atoms with Crippen LogP contribution in [0.4, 0.5) is 11.6 Å². The minimum Gasteiger partial charge on any atom is -0.493 e. The molecule has 164 valence electrons. The third-order valence-corrected chi connectivity index (χ3v) is 5.15. The molecule has 0 saturated heterocycles. The van der Waals surface area contributed by atoms with Gasteiger partial charge in [0.15, 0.2) is 5.65 Å². The van der Waals surface area contributed by atoms with Gasteiger partial charge in [-0.05, 0) is 49.2 Å². The number of hydrogen-bond acceptors (Lipinski definition) is 8. The van der Waals surface area contributed by atoms with Gasteiger partial charge in [0.1, 0.15) is 5.69 Å². The molecule has 0 spiro atoms. The predicted octanol–water partition coefficient (Wildman–Crippen LogP) is 0.386. The van der Waals surface area contributed by atoms with E-state index >= 15 is 0 Å². The highest BCUT2D eigenvalue weighted by Crippen LogP contribution is 2.22. The summed E-state index contributed by atoms with van der Waals surface area (Å²) >= 11 is 0. The van der Waals surface area contributed by atoms with E-state index in [1.165, 1.54) is 0 Å². The Morgan fingerprint density at radius 1 is 1.15 bits per heavy atom. The zero-order chi connectivity index (χ0) is 22.4. The zero-order valence-electron chi connectivity index (χ0n) is 17.2. The first-order valence-electron chi connectivity index (χ1n) is 10.3. The van der Waals surface area contributed by atoms with Gasteiger partial charge in [0.2, 0.25) is 11.8 Å². The van der Waals surface area contributed by atoms with E-state index in [4.69, 9.17) is 0 Å². The number of aromatic nitrogens is 8. The Labute approximate surface area is 185 Å². The molecule has 4 aromatic heterocycles. The molecule has 0 aliphatic heterocycles. The summed E-state index contributed by atoms with van der Waals surface area (Å²) in [6, 6.07) is 9.79. The van der Waals surface area contributed by atoms with Gasteiger partial charge in [0.25, 0.3) is 5.62 Å². The number of nitrogens with zero attached hydrogens (tertiary/aromatic N) is 7. The molecule has 1 aromatic carbocycles. The maximum Gasteiger partial charge on any atom is 0.326 e. The van der Waals surface area contributed by atoms with E-state index in [-0.39, 0.29) is 17.6 Å². The van der Waals surface area contributed by atoms with E-state index in [2.05, 4.69) is 40.4 Å². The Bertz CT molecular complexity index is 1620. The van der Waals surface area contributed by atoms with Crippen LogP contribution in [0.2, 0.25) is 0 Å². The molecule has 0 amide bonds. The van der Waals surface area contributed by atoms with Crippen molar-refractivity contribution in [1.29, 1.82) is 0 Å². The second-order valence-corrected chi connectivity index (χ2v) is 7.65. The van der Waals surface area contributed by atoms with Crippen molar-refractivity contribution in [2.24, 2.45) is 4.99 Å². The van der Waals surface area contributed by atoms with Crippen molar-refractivity contribution < 1.29 is 5.11 Å². The first-order chi connectivity index (χ1) is 16.1. The SMILES string of the molecule is O=c1[nH]c(O)c(/C=c2\cnn3c(=NC4CC4)nc(Nc4ccc(-n5cccn5)cc4)nc23)[nH]1. The highest BCUT2D eigenvalue weighted by Gasteiger charge is 2.21. The molecule has 0 atom stereocenters. The maximum atomic E-state index is 11.5. The summed E-state index contributed by atoms with van der Waals surface area (Å²) in [4.78, 5) is 30.1. The lowest BCUT2D eigenvalue weighted by atomic mass is 10.3. The van der Waals surface area contributed by atoms with Gasteiger partial charge in [0.05, 0.1) is 17.9 Å². The number of rotatable bonds is 5. The predicted molar refractivity (Wildman–Crippen MR) is 118 cm³/mol. The summed E-state index contributed by atoms with van der Waals surface area (Å²) in [6.07, 6.45) is 8.81. The molecule has 0 bridgehead atoms. The number of benzene rings is 1. The van der Waals surface area contributed by atoms with Gasteiger partial charge >= 0.3 is 5.69 Å². The average molecular weight is 442 g/mol. The third kappa shape index (κ3) is 3.73. The minimum atomic E-state index is -0.504. The van der Waals surface area contributed by atoms with Crippen LogP contribution in [-0.2, 0) is 0 Å². The molecule has 5 aromatic rings. The van der Waals surface area contributed by atoms with Crippen LogP contribution in [0.1, 0.15) is 18.5 Å². The van der Waals surface area contributed by atoms with Gasteiger partial charge in [-0.25, -0.2) is 14.5 Å². The number of anilines is 2. The standard InChI is InChI=1S/C21H18N10O2/c32-18-16(26-21(33)28-18)10-12-11-23-31-17(12)27-19(29-20(31)25-14-2-3-14)24-13-4-6-15(7-5-13)30-9-1-8-22-30/h1,4-11,14,32H,2-3H2,(H,24,25,29)(H2,26,28,33)/b12-10+. The van der Waals surface area contributed by atoms with Crippen LogP contribution in [0, 0.1) is 0 Å². The topological polar surface area (TPSA) is 154 Å². The Morgan fingerprint density at radius 3 is 2.70 bits per heavy atom. The fourth-order valence-corrected chi connectivity index (χ4v) is 3.38. The van der Waals surface area contributed by atoms with Gasteiger partial charge in [-0.15, -0.1) is 0 Å². The van der Waals surface area contributed by atoms with Gasteiger partial charge in [-0.1, -0.05) is 0 Å². The number of fused-ring (bicyclic) bond motifs is 1.